The topological polar surface area (TPSA) is 122 Å². The lowest BCUT2D eigenvalue weighted by Gasteiger charge is -2.36. The first kappa shape index (κ1) is 16.9. The monoisotopic (exact) mass is 343 g/mol. The fourth-order valence-electron chi connectivity index (χ4n) is 3.03. The first-order valence-corrected chi connectivity index (χ1v) is 7.90. The molecule has 8 nitrogen and oxygen atoms in total. The van der Waals surface area contributed by atoms with Crippen LogP contribution in [0.4, 0.5) is 15.9 Å². The van der Waals surface area contributed by atoms with Crippen molar-refractivity contribution in [2.24, 2.45) is 5.73 Å². The van der Waals surface area contributed by atoms with Gasteiger partial charge in [0.15, 0.2) is 5.82 Å². The van der Waals surface area contributed by atoms with Crippen LogP contribution in [-0.4, -0.2) is 33.8 Å². The van der Waals surface area contributed by atoms with Gasteiger partial charge in [0.05, 0.1) is 18.0 Å². The predicted octanol–water partition coefficient (Wildman–Crippen LogP) is 1.25. The zero-order valence-electron chi connectivity index (χ0n) is 13.5. The molecule has 2 aromatic heterocycles. The van der Waals surface area contributed by atoms with Gasteiger partial charge in [-0.15, -0.1) is 0 Å². The van der Waals surface area contributed by atoms with Gasteiger partial charge in [-0.1, -0.05) is 0 Å². The van der Waals surface area contributed by atoms with E-state index in [9.17, 15) is 14.4 Å². The van der Waals surface area contributed by atoms with Crippen LogP contribution in [0.25, 0.3) is 0 Å². The number of primary amides is 1. The van der Waals surface area contributed by atoms with E-state index >= 15 is 0 Å². The lowest BCUT2D eigenvalue weighted by molar-refractivity contribution is 0.100. The summed E-state index contributed by atoms with van der Waals surface area (Å²) in [6.45, 7) is 1.51. The van der Waals surface area contributed by atoms with Gasteiger partial charge in [0.25, 0.3) is 5.91 Å². The molecule has 3 heterocycles. The second-order valence-corrected chi connectivity index (χ2v) is 6.00. The Hall–Kier alpha value is -2.99. The third kappa shape index (κ3) is 3.44. The highest BCUT2D eigenvalue weighted by molar-refractivity contribution is 5.98. The van der Waals surface area contributed by atoms with Crippen molar-refractivity contribution >= 4 is 17.4 Å². The zero-order valence-corrected chi connectivity index (χ0v) is 13.5. The number of halogens is 1. The van der Waals surface area contributed by atoms with E-state index < -0.39 is 17.4 Å². The van der Waals surface area contributed by atoms with E-state index in [2.05, 4.69) is 26.8 Å². The lowest BCUT2D eigenvalue weighted by atomic mass is 9.86. The first-order valence-electron chi connectivity index (χ1n) is 7.90. The SMILES string of the molecule is N#CCC1(n2cc(C(N)=O)c(Nc3ccnc(F)c3)n2)CCNCC1. The molecular weight excluding hydrogens is 325 g/mol. The number of amides is 1. The summed E-state index contributed by atoms with van der Waals surface area (Å²) in [5.74, 6) is -1.07. The number of piperidine rings is 1. The number of nitrogens with one attached hydrogen (secondary N) is 2. The second kappa shape index (κ2) is 6.86. The molecule has 3 rings (SSSR count). The first-order chi connectivity index (χ1) is 12.0. The molecule has 0 saturated carbocycles. The Kier molecular flexibility index (Phi) is 4.63. The van der Waals surface area contributed by atoms with Gasteiger partial charge in [-0.2, -0.15) is 14.8 Å². The highest BCUT2D eigenvalue weighted by Gasteiger charge is 2.36. The third-order valence-electron chi connectivity index (χ3n) is 4.40. The average Bonchev–Trinajstić information content (AvgIpc) is 3.01. The molecule has 1 amide bonds. The molecule has 25 heavy (non-hydrogen) atoms. The van der Waals surface area contributed by atoms with Crippen LogP contribution >= 0.6 is 0 Å². The number of nitrogens with two attached hydrogens (primary N) is 1. The van der Waals surface area contributed by atoms with Crippen LogP contribution < -0.4 is 16.4 Å². The van der Waals surface area contributed by atoms with Gasteiger partial charge < -0.3 is 16.4 Å². The van der Waals surface area contributed by atoms with Crippen LogP contribution in [0.15, 0.2) is 24.5 Å². The Bertz CT molecular complexity index is 820. The highest BCUT2D eigenvalue weighted by Crippen LogP contribution is 2.32. The molecule has 2 aromatic rings. The number of rotatable bonds is 5. The molecule has 9 heteroatoms. The number of pyridine rings is 1. The fraction of sp³-hybridized carbons (Fsp3) is 0.375. The van der Waals surface area contributed by atoms with Crippen molar-refractivity contribution in [2.75, 3.05) is 18.4 Å². The van der Waals surface area contributed by atoms with E-state index in [0.717, 1.165) is 13.1 Å². The van der Waals surface area contributed by atoms with E-state index in [1.165, 1.54) is 12.3 Å². The minimum atomic E-state index is -0.649. The van der Waals surface area contributed by atoms with Gasteiger partial charge in [0, 0.05) is 24.1 Å². The molecule has 0 aliphatic carbocycles. The van der Waals surface area contributed by atoms with Crippen LogP contribution in [0.1, 0.15) is 29.6 Å². The van der Waals surface area contributed by atoms with Crippen molar-refractivity contribution in [3.63, 3.8) is 0 Å². The molecule has 1 aliphatic heterocycles. The smallest absolute Gasteiger partial charge is 0.254 e. The Morgan fingerprint density at radius 2 is 2.28 bits per heavy atom. The summed E-state index contributed by atoms with van der Waals surface area (Å²) in [6.07, 6.45) is 4.57. The second-order valence-electron chi connectivity index (χ2n) is 6.00. The molecule has 1 saturated heterocycles. The third-order valence-corrected chi connectivity index (χ3v) is 4.40. The molecule has 0 unspecified atom stereocenters. The van der Waals surface area contributed by atoms with Crippen molar-refractivity contribution in [3.05, 3.63) is 36.0 Å². The zero-order chi connectivity index (χ0) is 17.9. The van der Waals surface area contributed by atoms with E-state index in [4.69, 9.17) is 5.73 Å². The fourth-order valence-corrected chi connectivity index (χ4v) is 3.03. The number of nitriles is 1. The quantitative estimate of drug-likeness (QED) is 0.703. The summed E-state index contributed by atoms with van der Waals surface area (Å²) in [4.78, 5) is 15.3. The van der Waals surface area contributed by atoms with Gasteiger partial charge >= 0.3 is 0 Å². The molecule has 1 aliphatic rings. The summed E-state index contributed by atoms with van der Waals surface area (Å²) in [7, 11) is 0. The number of hydrogen-bond donors (Lipinski definition) is 3. The van der Waals surface area contributed by atoms with Gasteiger partial charge in [0.1, 0.15) is 5.56 Å². The molecule has 0 bridgehead atoms. The van der Waals surface area contributed by atoms with Crippen molar-refractivity contribution in [1.82, 2.24) is 20.1 Å². The van der Waals surface area contributed by atoms with Gasteiger partial charge in [-0.05, 0) is 32.0 Å². The molecular formula is C16H18FN7O. The summed E-state index contributed by atoms with van der Waals surface area (Å²) in [5, 5.41) is 19.8. The summed E-state index contributed by atoms with van der Waals surface area (Å²) in [5.41, 5.74) is 5.56. The van der Waals surface area contributed by atoms with Crippen molar-refractivity contribution in [1.29, 1.82) is 5.26 Å². The standard InChI is InChI=1S/C16H18FN7O/c17-13-9-11(1-6-21-13)22-15-12(14(19)25)10-24(23-15)16(2-5-18)3-7-20-8-4-16/h1,6,9-10,20H,2-4,7-8H2,(H2,19,25)(H,21,22,23). The van der Waals surface area contributed by atoms with Crippen molar-refractivity contribution in [2.45, 2.75) is 24.8 Å². The maximum Gasteiger partial charge on any atom is 0.254 e. The molecule has 4 N–H and O–H groups in total. The molecule has 0 atom stereocenters. The Balaban J connectivity index is 1.99. The molecule has 0 spiro atoms. The van der Waals surface area contributed by atoms with Crippen LogP contribution in [0.2, 0.25) is 0 Å². The maximum atomic E-state index is 13.3. The van der Waals surface area contributed by atoms with Crippen molar-refractivity contribution < 1.29 is 9.18 Å². The summed E-state index contributed by atoms with van der Waals surface area (Å²) < 4.78 is 14.9. The minimum Gasteiger partial charge on any atom is -0.365 e. The summed E-state index contributed by atoms with van der Waals surface area (Å²) in [6, 6.07) is 4.96. The van der Waals surface area contributed by atoms with Crippen LogP contribution in [-0.2, 0) is 5.54 Å². The normalized spacial score (nSPS) is 16.2. The van der Waals surface area contributed by atoms with Crippen LogP contribution in [0.3, 0.4) is 0 Å². The Morgan fingerprint density at radius 3 is 2.92 bits per heavy atom. The Labute approximate surface area is 143 Å². The highest BCUT2D eigenvalue weighted by atomic mass is 19.1. The average molecular weight is 343 g/mol. The molecule has 1 fully saturated rings. The lowest BCUT2D eigenvalue weighted by Crippen LogP contribution is -2.44. The van der Waals surface area contributed by atoms with Crippen molar-refractivity contribution in [3.8, 4) is 6.07 Å². The predicted molar refractivity (Wildman–Crippen MR) is 88.5 cm³/mol. The van der Waals surface area contributed by atoms with E-state index in [1.807, 2.05) is 0 Å². The molecule has 0 aromatic carbocycles. The number of nitrogens with zero attached hydrogens (tertiary/aromatic N) is 4. The van der Waals surface area contributed by atoms with E-state index in [1.54, 1.807) is 16.9 Å². The van der Waals surface area contributed by atoms with Gasteiger partial charge in [-0.25, -0.2) is 4.98 Å². The van der Waals surface area contributed by atoms with E-state index in [0.29, 0.717) is 18.5 Å². The number of anilines is 2. The minimum absolute atomic E-state index is 0.188. The van der Waals surface area contributed by atoms with E-state index in [-0.39, 0.29) is 17.8 Å². The number of carbonyl (C=O) groups is 1. The number of aromatic nitrogens is 3. The summed E-state index contributed by atoms with van der Waals surface area (Å²) >= 11 is 0. The number of carbonyl (C=O) groups excluding carboxylic acids is 1. The van der Waals surface area contributed by atoms with Crippen LogP contribution in [0, 0.1) is 17.3 Å². The number of hydrogen-bond acceptors (Lipinski definition) is 6. The Morgan fingerprint density at radius 1 is 1.52 bits per heavy atom. The van der Waals surface area contributed by atoms with Crippen LogP contribution in [0.5, 0.6) is 0 Å². The maximum absolute atomic E-state index is 13.3. The van der Waals surface area contributed by atoms with Gasteiger partial charge in [-0.3, -0.25) is 9.48 Å². The van der Waals surface area contributed by atoms with Gasteiger partial charge in [0.2, 0.25) is 5.95 Å². The molecule has 0 radical (unpaired) electrons. The molecule has 130 valence electrons. The largest absolute Gasteiger partial charge is 0.365 e.